The summed E-state index contributed by atoms with van der Waals surface area (Å²) < 4.78 is 5.42. The summed E-state index contributed by atoms with van der Waals surface area (Å²) in [6.45, 7) is 4.47. The van der Waals surface area contributed by atoms with Gasteiger partial charge in [0.2, 0.25) is 11.8 Å². The van der Waals surface area contributed by atoms with Crippen molar-refractivity contribution in [2.75, 3.05) is 13.2 Å². The number of nitrogens with zero attached hydrogens (tertiary/aromatic N) is 1. The quantitative estimate of drug-likeness (QED) is 0.764. The number of ether oxygens (including phenoxy) is 1. The summed E-state index contributed by atoms with van der Waals surface area (Å²) in [6, 6.07) is 3.70. The number of imide groups is 2. The van der Waals surface area contributed by atoms with Crippen molar-refractivity contribution in [1.29, 1.82) is 0 Å². The minimum absolute atomic E-state index is 0.0837. The molecule has 2 aliphatic rings. The number of fused-ring (bicyclic) bond motifs is 1. The lowest BCUT2D eigenvalue weighted by molar-refractivity contribution is -0.136. The first-order valence-electron chi connectivity index (χ1n) is 8.22. The average Bonchev–Trinajstić information content (AvgIpc) is 2.87. The number of piperidine rings is 1. The standard InChI is InChI=1S/C15H15N3O5.C2H6/c16-6-7-23-10-3-1-2-8-12(10)15(22)18(14(8)21)9-4-5-11(19)17-13(9)20;1-2/h1-3,9H,4-7,16H2,(H,17,19,20);1-2H3. The molecule has 25 heavy (non-hydrogen) atoms. The molecule has 4 amide bonds. The normalized spacial score (nSPS) is 19.2. The van der Waals surface area contributed by atoms with E-state index in [0.29, 0.717) is 0 Å². The molecular formula is C17H21N3O5. The molecule has 2 aliphatic heterocycles. The van der Waals surface area contributed by atoms with Gasteiger partial charge < -0.3 is 10.5 Å². The van der Waals surface area contributed by atoms with E-state index in [1.807, 2.05) is 13.8 Å². The van der Waals surface area contributed by atoms with Gasteiger partial charge in [-0.05, 0) is 18.6 Å². The van der Waals surface area contributed by atoms with Gasteiger partial charge in [-0.1, -0.05) is 19.9 Å². The fourth-order valence-corrected chi connectivity index (χ4v) is 2.77. The van der Waals surface area contributed by atoms with Crippen molar-refractivity contribution >= 4 is 23.6 Å². The van der Waals surface area contributed by atoms with E-state index in [4.69, 9.17) is 10.5 Å². The summed E-state index contributed by atoms with van der Waals surface area (Å²) in [7, 11) is 0. The Morgan fingerprint density at radius 3 is 2.56 bits per heavy atom. The van der Waals surface area contributed by atoms with E-state index in [1.54, 1.807) is 12.1 Å². The molecule has 0 aromatic heterocycles. The molecular weight excluding hydrogens is 326 g/mol. The van der Waals surface area contributed by atoms with E-state index < -0.39 is 29.7 Å². The molecule has 2 heterocycles. The molecule has 8 nitrogen and oxygen atoms in total. The maximum absolute atomic E-state index is 12.6. The number of carbonyl (C=O) groups excluding carboxylic acids is 4. The average molecular weight is 347 g/mol. The van der Waals surface area contributed by atoms with E-state index in [0.717, 1.165) is 4.90 Å². The Morgan fingerprint density at radius 1 is 1.20 bits per heavy atom. The third-order valence-corrected chi connectivity index (χ3v) is 3.81. The largest absolute Gasteiger partial charge is 0.491 e. The van der Waals surface area contributed by atoms with Crippen LogP contribution in [0.1, 0.15) is 47.4 Å². The highest BCUT2D eigenvalue weighted by molar-refractivity contribution is 6.24. The summed E-state index contributed by atoms with van der Waals surface area (Å²) in [5.74, 6) is -1.93. The van der Waals surface area contributed by atoms with Crippen LogP contribution >= 0.6 is 0 Å². The summed E-state index contributed by atoms with van der Waals surface area (Å²) in [6.07, 6.45) is 0.204. The van der Waals surface area contributed by atoms with E-state index in [2.05, 4.69) is 5.32 Å². The molecule has 0 radical (unpaired) electrons. The summed E-state index contributed by atoms with van der Waals surface area (Å²) >= 11 is 0. The molecule has 1 unspecified atom stereocenters. The Bertz CT molecular complexity index is 716. The van der Waals surface area contributed by atoms with Crippen LogP contribution in [0.2, 0.25) is 0 Å². The van der Waals surface area contributed by atoms with Crippen molar-refractivity contribution in [3.63, 3.8) is 0 Å². The van der Waals surface area contributed by atoms with Crippen molar-refractivity contribution < 1.29 is 23.9 Å². The number of hydrogen-bond acceptors (Lipinski definition) is 6. The topological polar surface area (TPSA) is 119 Å². The molecule has 134 valence electrons. The number of carbonyl (C=O) groups is 4. The number of hydrogen-bond donors (Lipinski definition) is 2. The number of amides is 4. The van der Waals surface area contributed by atoms with Gasteiger partial charge in [-0.25, -0.2) is 0 Å². The minimum atomic E-state index is -0.984. The van der Waals surface area contributed by atoms with Crippen LogP contribution in [0.5, 0.6) is 5.75 Å². The fraction of sp³-hybridized carbons (Fsp3) is 0.412. The highest BCUT2D eigenvalue weighted by Gasteiger charge is 2.45. The zero-order chi connectivity index (χ0) is 18.6. The number of benzene rings is 1. The zero-order valence-corrected chi connectivity index (χ0v) is 14.2. The second-order valence-corrected chi connectivity index (χ2v) is 5.26. The third-order valence-electron chi connectivity index (χ3n) is 3.81. The van der Waals surface area contributed by atoms with Gasteiger partial charge in [-0.15, -0.1) is 0 Å². The molecule has 3 N–H and O–H groups in total. The van der Waals surface area contributed by atoms with Gasteiger partial charge in [0.15, 0.2) is 0 Å². The predicted octanol–water partition coefficient (Wildman–Crippen LogP) is 0.452. The van der Waals surface area contributed by atoms with Crippen LogP contribution in [-0.2, 0) is 9.59 Å². The zero-order valence-electron chi connectivity index (χ0n) is 14.2. The van der Waals surface area contributed by atoms with Crippen LogP contribution in [0, 0.1) is 0 Å². The minimum Gasteiger partial charge on any atom is -0.491 e. The Balaban J connectivity index is 0.00000109. The van der Waals surface area contributed by atoms with Crippen molar-refractivity contribution in [2.45, 2.75) is 32.7 Å². The molecule has 0 saturated carbocycles. The lowest BCUT2D eigenvalue weighted by atomic mass is 10.0. The van der Waals surface area contributed by atoms with Crippen LogP contribution in [0.25, 0.3) is 0 Å². The molecule has 3 rings (SSSR count). The van der Waals surface area contributed by atoms with Gasteiger partial charge in [0.1, 0.15) is 18.4 Å². The van der Waals surface area contributed by atoms with Gasteiger partial charge in [0.25, 0.3) is 11.8 Å². The first-order valence-corrected chi connectivity index (χ1v) is 8.22. The number of rotatable bonds is 4. The maximum atomic E-state index is 12.6. The number of nitrogens with one attached hydrogen (secondary N) is 1. The van der Waals surface area contributed by atoms with Gasteiger partial charge in [0, 0.05) is 13.0 Å². The molecule has 1 saturated heterocycles. The van der Waals surface area contributed by atoms with Crippen molar-refractivity contribution in [1.82, 2.24) is 10.2 Å². The Morgan fingerprint density at radius 2 is 1.92 bits per heavy atom. The Labute approximate surface area is 145 Å². The molecule has 0 aliphatic carbocycles. The van der Waals surface area contributed by atoms with Crippen LogP contribution in [0.4, 0.5) is 0 Å². The van der Waals surface area contributed by atoms with Crippen LogP contribution < -0.4 is 15.8 Å². The Hall–Kier alpha value is -2.74. The smallest absolute Gasteiger partial charge is 0.266 e. The van der Waals surface area contributed by atoms with Crippen molar-refractivity contribution in [2.24, 2.45) is 5.73 Å². The summed E-state index contributed by atoms with van der Waals surface area (Å²) in [5.41, 5.74) is 5.71. The van der Waals surface area contributed by atoms with E-state index in [-0.39, 0.29) is 42.9 Å². The fourth-order valence-electron chi connectivity index (χ4n) is 2.77. The van der Waals surface area contributed by atoms with Crippen LogP contribution in [0.3, 0.4) is 0 Å². The highest BCUT2D eigenvalue weighted by Crippen LogP contribution is 2.33. The summed E-state index contributed by atoms with van der Waals surface area (Å²) in [5, 5.41) is 2.15. The lowest BCUT2D eigenvalue weighted by Crippen LogP contribution is -2.54. The van der Waals surface area contributed by atoms with Gasteiger partial charge in [0.05, 0.1) is 11.1 Å². The van der Waals surface area contributed by atoms with E-state index in [1.165, 1.54) is 6.07 Å². The molecule has 0 spiro atoms. The van der Waals surface area contributed by atoms with E-state index in [9.17, 15) is 19.2 Å². The molecule has 1 aromatic carbocycles. The monoisotopic (exact) mass is 347 g/mol. The molecule has 8 heteroatoms. The third kappa shape index (κ3) is 3.39. The molecule has 1 atom stereocenters. The number of nitrogens with two attached hydrogens (primary N) is 1. The predicted molar refractivity (Wildman–Crippen MR) is 89.0 cm³/mol. The molecule has 1 fully saturated rings. The maximum Gasteiger partial charge on any atom is 0.266 e. The molecule has 1 aromatic rings. The van der Waals surface area contributed by atoms with Crippen molar-refractivity contribution in [3.8, 4) is 5.75 Å². The second-order valence-electron chi connectivity index (χ2n) is 5.26. The Kier molecular flexibility index (Phi) is 5.87. The van der Waals surface area contributed by atoms with E-state index >= 15 is 0 Å². The van der Waals surface area contributed by atoms with Crippen molar-refractivity contribution in [3.05, 3.63) is 29.3 Å². The van der Waals surface area contributed by atoms with Gasteiger partial charge in [-0.2, -0.15) is 0 Å². The SMILES string of the molecule is CC.NCCOc1cccc2c1C(=O)N(C1CCC(=O)NC1=O)C2=O. The first-order chi connectivity index (χ1) is 12.0. The lowest BCUT2D eigenvalue weighted by Gasteiger charge is -2.27. The highest BCUT2D eigenvalue weighted by atomic mass is 16.5. The van der Waals surface area contributed by atoms with Gasteiger partial charge >= 0.3 is 0 Å². The second kappa shape index (κ2) is 7.89. The van der Waals surface area contributed by atoms with Gasteiger partial charge in [-0.3, -0.25) is 29.4 Å². The first kappa shape index (κ1) is 18.6. The van der Waals surface area contributed by atoms with Crippen LogP contribution in [0.15, 0.2) is 18.2 Å². The molecule has 0 bridgehead atoms. The summed E-state index contributed by atoms with van der Waals surface area (Å²) in [4.78, 5) is 49.3. The van der Waals surface area contributed by atoms with Crippen LogP contribution in [-0.4, -0.2) is 47.7 Å².